The molecule has 0 aromatic carbocycles. The number of oxime groups is 1. The van der Waals surface area contributed by atoms with Gasteiger partial charge in [-0.1, -0.05) is 64.7 Å². The van der Waals surface area contributed by atoms with E-state index in [1.165, 1.54) is 64.2 Å². The normalized spacial score (nSPS) is 12.4. The summed E-state index contributed by atoms with van der Waals surface area (Å²) in [6.45, 7) is 7.29. The fraction of sp³-hybridized carbons (Fsp3) is 0.938. The summed E-state index contributed by atoms with van der Waals surface area (Å²) in [4.78, 5) is 0. The Morgan fingerprint density at radius 2 is 1.37 bits per heavy atom. The van der Waals surface area contributed by atoms with Gasteiger partial charge in [0.05, 0.1) is 11.8 Å². The lowest BCUT2D eigenvalue weighted by atomic mass is 10.1. The van der Waals surface area contributed by atoms with E-state index in [0.717, 1.165) is 6.54 Å². The minimum atomic E-state index is -0.200. The summed E-state index contributed by atoms with van der Waals surface area (Å²) >= 11 is 0. The molecule has 0 aliphatic carbocycles. The lowest BCUT2D eigenvalue weighted by Gasteiger charge is -2.20. The van der Waals surface area contributed by atoms with Crippen LogP contribution in [-0.2, 0) is 0 Å². The van der Waals surface area contributed by atoms with E-state index < -0.39 is 0 Å². The van der Waals surface area contributed by atoms with Crippen molar-refractivity contribution in [2.45, 2.75) is 90.5 Å². The maximum atomic E-state index is 8.51. The van der Waals surface area contributed by atoms with Crippen LogP contribution in [0.25, 0.3) is 0 Å². The first-order valence-electron chi connectivity index (χ1n) is 8.06. The monoisotopic (exact) mass is 270 g/mol. The Balaban J connectivity index is 3.19. The highest BCUT2D eigenvalue weighted by molar-refractivity contribution is 5.68. The third kappa shape index (κ3) is 13.7. The van der Waals surface area contributed by atoms with Crippen molar-refractivity contribution in [3.8, 4) is 0 Å². The Kier molecular flexibility index (Phi) is 12.1. The largest absolute Gasteiger partial charge is 0.411 e. The van der Waals surface area contributed by atoms with Crippen LogP contribution in [0, 0.1) is 0 Å². The molecule has 0 rings (SSSR count). The molecule has 0 heterocycles. The predicted octanol–water partition coefficient (Wildman–Crippen LogP) is 4.74. The minimum Gasteiger partial charge on any atom is -0.411 e. The van der Waals surface area contributed by atoms with Crippen molar-refractivity contribution in [2.24, 2.45) is 5.16 Å². The lowest BCUT2D eigenvalue weighted by molar-refractivity contribution is 0.315. The molecule has 0 aliphatic heterocycles. The summed E-state index contributed by atoms with van der Waals surface area (Å²) in [6, 6.07) is 0. The van der Waals surface area contributed by atoms with Gasteiger partial charge in [-0.3, -0.25) is 0 Å². The number of unbranched alkanes of at least 4 members (excludes halogenated alkanes) is 9. The highest BCUT2D eigenvalue weighted by atomic mass is 16.4. The van der Waals surface area contributed by atoms with Crippen LogP contribution in [0.1, 0.15) is 85.0 Å². The molecule has 0 bridgehead atoms. The Labute approximate surface area is 119 Å². The first-order chi connectivity index (χ1) is 9.12. The SMILES string of the molecule is CCCCCCCCCCCCNC(C)(C)/C=N\O. The van der Waals surface area contributed by atoms with Crippen LogP contribution in [0.4, 0.5) is 0 Å². The van der Waals surface area contributed by atoms with E-state index in [0.29, 0.717) is 0 Å². The molecule has 0 fully saturated rings. The number of nitrogens with zero attached hydrogens (tertiary/aromatic N) is 1. The van der Waals surface area contributed by atoms with Crippen LogP contribution in [0.3, 0.4) is 0 Å². The summed E-state index contributed by atoms with van der Waals surface area (Å²) in [6.07, 6.45) is 15.2. The fourth-order valence-corrected chi connectivity index (χ4v) is 2.21. The van der Waals surface area contributed by atoms with Gasteiger partial charge in [0.25, 0.3) is 0 Å². The van der Waals surface area contributed by atoms with Gasteiger partial charge in [0.1, 0.15) is 0 Å². The van der Waals surface area contributed by atoms with E-state index in [9.17, 15) is 0 Å². The predicted molar refractivity (Wildman–Crippen MR) is 84.2 cm³/mol. The van der Waals surface area contributed by atoms with Crippen molar-refractivity contribution in [3.63, 3.8) is 0 Å². The summed E-state index contributed by atoms with van der Waals surface area (Å²) in [5.74, 6) is 0. The van der Waals surface area contributed by atoms with E-state index in [1.54, 1.807) is 6.21 Å². The highest BCUT2D eigenvalue weighted by Crippen LogP contribution is 2.10. The molecule has 0 amide bonds. The minimum absolute atomic E-state index is 0.200. The quantitative estimate of drug-likeness (QED) is 0.220. The average molecular weight is 270 g/mol. The van der Waals surface area contributed by atoms with Crippen LogP contribution in [0.5, 0.6) is 0 Å². The van der Waals surface area contributed by atoms with Crippen molar-refractivity contribution < 1.29 is 5.21 Å². The average Bonchev–Trinajstić information content (AvgIpc) is 2.36. The molecular weight excluding hydrogens is 236 g/mol. The second-order valence-electron chi connectivity index (χ2n) is 6.08. The first kappa shape index (κ1) is 18.4. The smallest absolute Gasteiger partial charge is 0.0631 e. The van der Waals surface area contributed by atoms with Gasteiger partial charge in [0.2, 0.25) is 0 Å². The number of rotatable bonds is 13. The first-order valence-corrected chi connectivity index (χ1v) is 8.06. The van der Waals surface area contributed by atoms with Crippen molar-refractivity contribution in [1.29, 1.82) is 0 Å². The van der Waals surface area contributed by atoms with E-state index in [4.69, 9.17) is 5.21 Å². The van der Waals surface area contributed by atoms with Gasteiger partial charge >= 0.3 is 0 Å². The molecule has 0 saturated heterocycles. The standard InChI is InChI=1S/C16H34N2O/c1-4-5-6-7-8-9-10-11-12-13-14-17-16(2,3)15-18-19/h15,17,19H,4-14H2,1-3H3/b18-15-. The second kappa shape index (κ2) is 12.5. The summed E-state index contributed by atoms with van der Waals surface area (Å²) in [5.41, 5.74) is -0.200. The molecule has 0 aliphatic rings. The van der Waals surface area contributed by atoms with E-state index >= 15 is 0 Å². The maximum absolute atomic E-state index is 8.51. The van der Waals surface area contributed by atoms with Crippen LogP contribution in [0.15, 0.2) is 5.16 Å². The highest BCUT2D eigenvalue weighted by Gasteiger charge is 2.12. The Bertz CT molecular complexity index is 215. The molecule has 114 valence electrons. The van der Waals surface area contributed by atoms with Gasteiger partial charge in [-0.25, -0.2) is 0 Å². The lowest BCUT2D eigenvalue weighted by Crippen LogP contribution is -2.41. The maximum Gasteiger partial charge on any atom is 0.0631 e. The van der Waals surface area contributed by atoms with Crippen molar-refractivity contribution in [3.05, 3.63) is 0 Å². The summed E-state index contributed by atoms with van der Waals surface area (Å²) in [7, 11) is 0. The topological polar surface area (TPSA) is 44.6 Å². The molecule has 0 atom stereocenters. The zero-order valence-corrected chi connectivity index (χ0v) is 13.2. The van der Waals surface area contributed by atoms with Gasteiger partial charge in [0, 0.05) is 0 Å². The molecule has 0 aromatic rings. The van der Waals surface area contributed by atoms with E-state index in [1.807, 2.05) is 13.8 Å². The Hall–Kier alpha value is -0.570. The third-order valence-corrected chi connectivity index (χ3v) is 3.49. The molecule has 0 unspecified atom stereocenters. The molecule has 3 heteroatoms. The van der Waals surface area contributed by atoms with Crippen molar-refractivity contribution in [2.75, 3.05) is 6.54 Å². The molecule has 0 aromatic heterocycles. The molecule has 0 saturated carbocycles. The van der Waals surface area contributed by atoms with Gasteiger partial charge in [-0.15, -0.1) is 5.16 Å². The molecule has 3 nitrogen and oxygen atoms in total. The molecule has 0 radical (unpaired) electrons. The molecule has 2 N–H and O–H groups in total. The van der Waals surface area contributed by atoms with Crippen molar-refractivity contribution in [1.82, 2.24) is 5.32 Å². The van der Waals surface area contributed by atoms with Gasteiger partial charge in [-0.2, -0.15) is 0 Å². The molecular formula is C16H34N2O. The number of nitrogens with one attached hydrogen (secondary N) is 1. The second-order valence-corrected chi connectivity index (χ2v) is 6.08. The van der Waals surface area contributed by atoms with E-state index in [-0.39, 0.29) is 5.54 Å². The van der Waals surface area contributed by atoms with Gasteiger partial charge < -0.3 is 10.5 Å². The van der Waals surface area contributed by atoms with Crippen LogP contribution in [-0.4, -0.2) is 23.5 Å². The fourth-order valence-electron chi connectivity index (χ4n) is 2.21. The van der Waals surface area contributed by atoms with Crippen LogP contribution >= 0.6 is 0 Å². The zero-order valence-electron chi connectivity index (χ0n) is 13.2. The van der Waals surface area contributed by atoms with Gasteiger partial charge in [0.15, 0.2) is 0 Å². The van der Waals surface area contributed by atoms with Crippen molar-refractivity contribution >= 4 is 6.21 Å². The van der Waals surface area contributed by atoms with E-state index in [2.05, 4.69) is 17.4 Å². The van der Waals surface area contributed by atoms with Crippen LogP contribution in [0.2, 0.25) is 0 Å². The zero-order chi connectivity index (χ0) is 14.4. The number of hydrogen-bond acceptors (Lipinski definition) is 3. The third-order valence-electron chi connectivity index (χ3n) is 3.49. The summed E-state index contributed by atoms with van der Waals surface area (Å²) in [5, 5.41) is 15.0. The van der Waals surface area contributed by atoms with Gasteiger partial charge in [-0.05, 0) is 26.8 Å². The van der Waals surface area contributed by atoms with Crippen LogP contribution < -0.4 is 5.32 Å². The number of hydrogen-bond donors (Lipinski definition) is 2. The molecule has 19 heavy (non-hydrogen) atoms. The summed E-state index contributed by atoms with van der Waals surface area (Å²) < 4.78 is 0. The Morgan fingerprint density at radius 1 is 0.895 bits per heavy atom. The Morgan fingerprint density at radius 3 is 1.84 bits per heavy atom. The molecule has 0 spiro atoms.